The Labute approximate surface area is 169 Å². The summed E-state index contributed by atoms with van der Waals surface area (Å²) >= 11 is 1.86. The van der Waals surface area contributed by atoms with Crippen LogP contribution < -0.4 is 5.32 Å². The number of halogens is 1. The highest BCUT2D eigenvalue weighted by Gasteiger charge is 2.38. The molecule has 0 bridgehead atoms. The number of hydrogen-bond acceptors (Lipinski definition) is 2. The first-order chi connectivity index (χ1) is 13.8. The number of benzene rings is 3. The van der Waals surface area contributed by atoms with E-state index in [1.807, 2.05) is 30.0 Å². The van der Waals surface area contributed by atoms with Gasteiger partial charge in [-0.3, -0.25) is 0 Å². The topological polar surface area (TPSA) is 12.0 Å². The van der Waals surface area contributed by atoms with Gasteiger partial charge in [-0.25, -0.2) is 4.39 Å². The van der Waals surface area contributed by atoms with Gasteiger partial charge in [0.2, 0.25) is 0 Å². The Bertz CT molecular complexity index is 1010. The van der Waals surface area contributed by atoms with Crippen LogP contribution in [0.4, 0.5) is 10.1 Å². The zero-order chi connectivity index (χ0) is 18.9. The third-order valence-corrected chi connectivity index (χ3v) is 6.90. The van der Waals surface area contributed by atoms with E-state index in [0.29, 0.717) is 11.8 Å². The summed E-state index contributed by atoms with van der Waals surface area (Å²) in [6, 6.07) is 24.4. The van der Waals surface area contributed by atoms with Gasteiger partial charge in [-0.05, 0) is 47.7 Å². The van der Waals surface area contributed by atoms with E-state index in [0.717, 1.165) is 23.4 Å². The quantitative estimate of drug-likeness (QED) is 0.384. The zero-order valence-electron chi connectivity index (χ0n) is 15.5. The molecule has 1 N–H and O–H groups in total. The molecule has 1 aliphatic heterocycles. The summed E-state index contributed by atoms with van der Waals surface area (Å²) in [6.45, 7) is 0. The van der Waals surface area contributed by atoms with Gasteiger partial charge in [0.15, 0.2) is 0 Å². The van der Waals surface area contributed by atoms with Crippen LogP contribution in [0.3, 0.4) is 0 Å². The molecule has 140 valence electrons. The van der Waals surface area contributed by atoms with E-state index in [4.69, 9.17) is 0 Å². The summed E-state index contributed by atoms with van der Waals surface area (Å²) in [4.78, 5) is 1.29. The minimum absolute atomic E-state index is 0.0123. The first-order valence-electron chi connectivity index (χ1n) is 9.78. The Morgan fingerprint density at radius 2 is 1.75 bits per heavy atom. The molecule has 0 aromatic heterocycles. The van der Waals surface area contributed by atoms with Crippen molar-refractivity contribution in [3.8, 4) is 0 Å². The van der Waals surface area contributed by atoms with Crippen LogP contribution in [-0.2, 0) is 5.75 Å². The molecule has 3 aromatic rings. The number of nitrogens with one attached hydrogen (secondary N) is 1. The molecular formula is C25H22FNS. The number of hydrogen-bond donors (Lipinski definition) is 1. The van der Waals surface area contributed by atoms with Crippen LogP contribution in [-0.4, -0.2) is 0 Å². The molecule has 0 fully saturated rings. The summed E-state index contributed by atoms with van der Waals surface area (Å²) in [6.07, 6.45) is 5.55. The zero-order valence-corrected chi connectivity index (χ0v) is 16.3. The van der Waals surface area contributed by atoms with E-state index in [1.165, 1.54) is 16.0 Å². The summed E-state index contributed by atoms with van der Waals surface area (Å²) < 4.78 is 14.5. The van der Waals surface area contributed by atoms with Crippen molar-refractivity contribution in [2.24, 2.45) is 5.92 Å². The molecule has 0 saturated carbocycles. The molecule has 3 aromatic carbocycles. The van der Waals surface area contributed by atoms with Crippen molar-refractivity contribution in [1.82, 2.24) is 0 Å². The second-order valence-electron chi connectivity index (χ2n) is 7.52. The first kappa shape index (κ1) is 17.6. The summed E-state index contributed by atoms with van der Waals surface area (Å²) in [5.74, 6) is 1.55. The Kier molecular flexibility index (Phi) is 4.69. The normalized spacial score (nSPS) is 22.4. The van der Waals surface area contributed by atoms with E-state index in [-0.39, 0.29) is 11.9 Å². The standard InChI is InChI=1S/C25H22FNS/c26-23-12-5-4-9-21(23)25-20-11-6-10-19(20)22-15-17(13-14-24(22)27-25)16-28-18-7-2-1-3-8-18/h1-10,12-15,19-20,25,27H,11,16H2/t19-,20-,25-/m1/s1. The van der Waals surface area contributed by atoms with Gasteiger partial charge >= 0.3 is 0 Å². The van der Waals surface area contributed by atoms with E-state index in [9.17, 15) is 4.39 Å². The van der Waals surface area contributed by atoms with E-state index in [1.54, 1.807) is 12.1 Å². The molecular weight excluding hydrogens is 365 g/mol. The van der Waals surface area contributed by atoms with Crippen LogP contribution in [0.5, 0.6) is 0 Å². The van der Waals surface area contributed by atoms with Crippen molar-refractivity contribution in [3.63, 3.8) is 0 Å². The van der Waals surface area contributed by atoms with Gasteiger partial charge in [-0.15, -0.1) is 11.8 Å². The molecule has 0 amide bonds. The van der Waals surface area contributed by atoms with Crippen molar-refractivity contribution in [1.29, 1.82) is 0 Å². The van der Waals surface area contributed by atoms with Crippen LogP contribution in [0.25, 0.3) is 0 Å². The van der Waals surface area contributed by atoms with Crippen LogP contribution in [0.15, 0.2) is 89.8 Å². The maximum atomic E-state index is 14.5. The minimum atomic E-state index is -0.120. The largest absolute Gasteiger partial charge is 0.378 e. The van der Waals surface area contributed by atoms with Crippen LogP contribution in [0.1, 0.15) is 35.1 Å². The molecule has 1 nitrogen and oxygen atoms in total. The number of allylic oxidation sites excluding steroid dienone is 2. The lowest BCUT2D eigenvalue weighted by Gasteiger charge is -2.38. The fraction of sp³-hybridized carbons (Fsp3) is 0.200. The maximum absolute atomic E-state index is 14.5. The maximum Gasteiger partial charge on any atom is 0.128 e. The van der Waals surface area contributed by atoms with Crippen LogP contribution in [0, 0.1) is 11.7 Å². The predicted octanol–water partition coefficient (Wildman–Crippen LogP) is 6.94. The molecule has 2 aliphatic rings. The highest BCUT2D eigenvalue weighted by molar-refractivity contribution is 7.98. The average Bonchev–Trinajstić information content (AvgIpc) is 3.23. The van der Waals surface area contributed by atoms with Gasteiger partial charge in [-0.1, -0.05) is 60.7 Å². The predicted molar refractivity (Wildman–Crippen MR) is 115 cm³/mol. The van der Waals surface area contributed by atoms with Crippen molar-refractivity contribution < 1.29 is 4.39 Å². The summed E-state index contributed by atoms with van der Waals surface area (Å²) in [5.41, 5.74) is 4.58. The van der Waals surface area contributed by atoms with Crippen molar-refractivity contribution in [2.45, 2.75) is 29.0 Å². The fourth-order valence-corrected chi connectivity index (χ4v) is 5.31. The Hall–Kier alpha value is -2.52. The van der Waals surface area contributed by atoms with E-state index >= 15 is 0 Å². The molecule has 0 radical (unpaired) electrons. The number of anilines is 1. The fourth-order valence-electron chi connectivity index (χ4n) is 4.45. The lowest BCUT2D eigenvalue weighted by Crippen LogP contribution is -2.29. The molecule has 28 heavy (non-hydrogen) atoms. The van der Waals surface area contributed by atoms with Gasteiger partial charge in [0.05, 0.1) is 6.04 Å². The highest BCUT2D eigenvalue weighted by atomic mass is 32.2. The van der Waals surface area contributed by atoms with Gasteiger partial charge in [0, 0.05) is 27.8 Å². The van der Waals surface area contributed by atoms with Gasteiger partial charge < -0.3 is 5.32 Å². The van der Waals surface area contributed by atoms with Crippen molar-refractivity contribution in [2.75, 3.05) is 5.32 Å². The lowest BCUT2D eigenvalue weighted by molar-refractivity contribution is 0.413. The molecule has 0 saturated heterocycles. The third-order valence-electron chi connectivity index (χ3n) is 5.82. The second-order valence-corrected chi connectivity index (χ2v) is 8.57. The van der Waals surface area contributed by atoms with Gasteiger partial charge in [0.1, 0.15) is 5.82 Å². The Morgan fingerprint density at radius 3 is 2.61 bits per heavy atom. The number of fused-ring (bicyclic) bond motifs is 3. The van der Waals surface area contributed by atoms with Crippen LogP contribution in [0.2, 0.25) is 0 Å². The van der Waals surface area contributed by atoms with Gasteiger partial charge in [0.25, 0.3) is 0 Å². The molecule has 1 aliphatic carbocycles. The highest BCUT2D eigenvalue weighted by Crippen LogP contribution is 2.50. The molecule has 1 heterocycles. The smallest absolute Gasteiger partial charge is 0.128 e. The minimum Gasteiger partial charge on any atom is -0.378 e. The van der Waals surface area contributed by atoms with Crippen LogP contribution >= 0.6 is 11.8 Å². The number of rotatable bonds is 4. The van der Waals surface area contributed by atoms with E-state index < -0.39 is 0 Å². The summed E-state index contributed by atoms with van der Waals surface area (Å²) in [5, 5.41) is 3.64. The molecule has 3 atom stereocenters. The number of thioether (sulfide) groups is 1. The molecule has 3 heteroatoms. The first-order valence-corrected chi connectivity index (χ1v) is 10.8. The lowest BCUT2D eigenvalue weighted by atomic mass is 9.76. The summed E-state index contributed by atoms with van der Waals surface area (Å²) in [7, 11) is 0. The monoisotopic (exact) mass is 387 g/mol. The van der Waals surface area contributed by atoms with Crippen molar-refractivity contribution in [3.05, 3.63) is 107 Å². The SMILES string of the molecule is Fc1ccccc1[C@@H]1Nc2ccc(CSc3ccccc3)cc2[C@@H]2C=CC[C@H]21. The Balaban J connectivity index is 1.43. The molecule has 0 unspecified atom stereocenters. The average molecular weight is 388 g/mol. The van der Waals surface area contributed by atoms with E-state index in [2.05, 4.69) is 59.9 Å². The third kappa shape index (κ3) is 3.24. The molecule has 5 rings (SSSR count). The second kappa shape index (κ2) is 7.48. The van der Waals surface area contributed by atoms with Crippen molar-refractivity contribution >= 4 is 17.4 Å². The molecule has 0 spiro atoms. The van der Waals surface area contributed by atoms with Gasteiger partial charge in [-0.2, -0.15) is 0 Å². The Morgan fingerprint density at radius 1 is 0.929 bits per heavy atom.